The number of aliphatic hydroxyl groups excluding tert-OH is 1. The SMILES string of the molecule is CNCc1ccc(C(O)c2cc(Br)ccc2C)cc1. The van der Waals surface area contributed by atoms with Crippen LogP contribution in [0.3, 0.4) is 0 Å². The van der Waals surface area contributed by atoms with Gasteiger partial charge in [0.05, 0.1) is 0 Å². The molecule has 3 heteroatoms. The van der Waals surface area contributed by atoms with E-state index in [0.717, 1.165) is 27.7 Å². The van der Waals surface area contributed by atoms with Gasteiger partial charge in [0.1, 0.15) is 6.10 Å². The Hall–Kier alpha value is -1.16. The number of halogens is 1. The van der Waals surface area contributed by atoms with Crippen molar-refractivity contribution in [1.82, 2.24) is 5.32 Å². The molecule has 1 atom stereocenters. The molecule has 0 aliphatic heterocycles. The smallest absolute Gasteiger partial charge is 0.104 e. The standard InChI is InChI=1S/C16H18BrNO/c1-11-3-8-14(17)9-15(11)16(19)13-6-4-12(5-7-13)10-18-2/h3-9,16,18-19H,10H2,1-2H3. The van der Waals surface area contributed by atoms with Crippen LogP contribution in [0.5, 0.6) is 0 Å². The monoisotopic (exact) mass is 319 g/mol. The van der Waals surface area contributed by atoms with Crippen LogP contribution in [0.1, 0.15) is 28.4 Å². The fraction of sp³-hybridized carbons (Fsp3) is 0.250. The molecule has 0 heterocycles. The summed E-state index contributed by atoms with van der Waals surface area (Å²) < 4.78 is 0.985. The Morgan fingerprint density at radius 3 is 2.47 bits per heavy atom. The molecule has 0 fully saturated rings. The third-order valence-electron chi connectivity index (χ3n) is 3.21. The number of benzene rings is 2. The maximum absolute atomic E-state index is 10.5. The summed E-state index contributed by atoms with van der Waals surface area (Å²) in [5.41, 5.74) is 4.16. The molecule has 0 radical (unpaired) electrons. The molecule has 0 amide bonds. The summed E-state index contributed by atoms with van der Waals surface area (Å²) in [5, 5.41) is 13.6. The largest absolute Gasteiger partial charge is 0.384 e. The maximum atomic E-state index is 10.5. The Bertz CT molecular complexity index is 551. The van der Waals surface area contributed by atoms with Crippen LogP contribution < -0.4 is 5.32 Å². The van der Waals surface area contributed by atoms with Crippen molar-refractivity contribution in [3.63, 3.8) is 0 Å². The highest BCUT2D eigenvalue weighted by Gasteiger charge is 2.13. The van der Waals surface area contributed by atoms with Gasteiger partial charge in [-0.3, -0.25) is 0 Å². The quantitative estimate of drug-likeness (QED) is 0.903. The Balaban J connectivity index is 2.27. The van der Waals surface area contributed by atoms with Crippen molar-refractivity contribution in [2.24, 2.45) is 0 Å². The van der Waals surface area contributed by atoms with E-state index in [9.17, 15) is 5.11 Å². The zero-order valence-corrected chi connectivity index (χ0v) is 12.7. The summed E-state index contributed by atoms with van der Waals surface area (Å²) in [6, 6.07) is 14.0. The highest BCUT2D eigenvalue weighted by Crippen LogP contribution is 2.27. The lowest BCUT2D eigenvalue weighted by atomic mass is 9.97. The van der Waals surface area contributed by atoms with Crippen molar-refractivity contribution in [1.29, 1.82) is 0 Å². The summed E-state index contributed by atoms with van der Waals surface area (Å²) in [5.74, 6) is 0. The predicted molar refractivity (Wildman–Crippen MR) is 82.1 cm³/mol. The molecule has 0 spiro atoms. The van der Waals surface area contributed by atoms with Crippen molar-refractivity contribution in [3.8, 4) is 0 Å². The van der Waals surface area contributed by atoms with Gasteiger partial charge in [-0.25, -0.2) is 0 Å². The molecule has 0 saturated heterocycles. The predicted octanol–water partition coefficient (Wildman–Crippen LogP) is 3.56. The van der Waals surface area contributed by atoms with E-state index in [1.165, 1.54) is 5.56 Å². The number of nitrogens with one attached hydrogen (secondary N) is 1. The van der Waals surface area contributed by atoms with Gasteiger partial charge in [0.25, 0.3) is 0 Å². The lowest BCUT2D eigenvalue weighted by Gasteiger charge is -2.15. The van der Waals surface area contributed by atoms with Crippen LogP contribution in [0.2, 0.25) is 0 Å². The fourth-order valence-corrected chi connectivity index (χ4v) is 2.49. The number of rotatable bonds is 4. The molecular weight excluding hydrogens is 302 g/mol. The second-order valence-corrected chi connectivity index (χ2v) is 5.59. The Morgan fingerprint density at radius 2 is 1.84 bits per heavy atom. The van der Waals surface area contributed by atoms with Gasteiger partial charge in [0, 0.05) is 11.0 Å². The van der Waals surface area contributed by atoms with E-state index in [2.05, 4.69) is 21.2 Å². The van der Waals surface area contributed by atoms with Crippen LogP contribution in [-0.2, 0) is 6.54 Å². The van der Waals surface area contributed by atoms with Gasteiger partial charge in [0.2, 0.25) is 0 Å². The molecule has 100 valence electrons. The molecule has 2 aromatic rings. The molecule has 0 saturated carbocycles. The average molecular weight is 320 g/mol. The summed E-state index contributed by atoms with van der Waals surface area (Å²) in [6.07, 6.45) is -0.582. The molecule has 19 heavy (non-hydrogen) atoms. The normalized spacial score (nSPS) is 12.4. The average Bonchev–Trinajstić information content (AvgIpc) is 2.42. The zero-order chi connectivity index (χ0) is 13.8. The van der Waals surface area contributed by atoms with Crippen LogP contribution in [0.25, 0.3) is 0 Å². The lowest BCUT2D eigenvalue weighted by molar-refractivity contribution is 0.219. The lowest BCUT2D eigenvalue weighted by Crippen LogP contribution is -2.06. The first-order valence-corrected chi connectivity index (χ1v) is 7.08. The zero-order valence-electron chi connectivity index (χ0n) is 11.2. The van der Waals surface area contributed by atoms with Gasteiger partial charge in [-0.05, 0) is 48.4 Å². The third kappa shape index (κ3) is 3.44. The molecule has 2 aromatic carbocycles. The first-order chi connectivity index (χ1) is 9.11. The third-order valence-corrected chi connectivity index (χ3v) is 3.71. The second-order valence-electron chi connectivity index (χ2n) is 4.68. The van der Waals surface area contributed by atoms with Gasteiger partial charge in [-0.15, -0.1) is 0 Å². The number of hydrogen-bond donors (Lipinski definition) is 2. The van der Waals surface area contributed by atoms with Crippen LogP contribution in [0.4, 0.5) is 0 Å². The highest BCUT2D eigenvalue weighted by atomic mass is 79.9. The molecule has 2 N–H and O–H groups in total. The van der Waals surface area contributed by atoms with E-state index in [0.29, 0.717) is 0 Å². The van der Waals surface area contributed by atoms with Gasteiger partial charge < -0.3 is 10.4 Å². The van der Waals surface area contributed by atoms with Crippen LogP contribution in [0.15, 0.2) is 46.9 Å². The van der Waals surface area contributed by atoms with Gasteiger partial charge in [-0.2, -0.15) is 0 Å². The fourth-order valence-electron chi connectivity index (χ4n) is 2.11. The molecule has 0 bridgehead atoms. The van der Waals surface area contributed by atoms with Crippen molar-refractivity contribution >= 4 is 15.9 Å². The van der Waals surface area contributed by atoms with E-state index >= 15 is 0 Å². The first kappa shape index (κ1) is 14.3. The molecule has 0 aliphatic carbocycles. The van der Waals surface area contributed by atoms with E-state index in [4.69, 9.17) is 0 Å². The number of hydrogen-bond acceptors (Lipinski definition) is 2. The van der Waals surface area contributed by atoms with E-state index in [1.54, 1.807) is 0 Å². The Kier molecular flexibility index (Phi) is 4.75. The van der Waals surface area contributed by atoms with Crippen LogP contribution in [0, 0.1) is 6.92 Å². The minimum atomic E-state index is -0.582. The molecule has 0 aliphatic rings. The van der Waals surface area contributed by atoms with Crippen molar-refractivity contribution in [3.05, 3.63) is 69.2 Å². The van der Waals surface area contributed by atoms with Crippen molar-refractivity contribution < 1.29 is 5.11 Å². The maximum Gasteiger partial charge on any atom is 0.104 e. The highest BCUT2D eigenvalue weighted by molar-refractivity contribution is 9.10. The van der Waals surface area contributed by atoms with Crippen LogP contribution in [-0.4, -0.2) is 12.2 Å². The van der Waals surface area contributed by atoms with Gasteiger partial charge in [-0.1, -0.05) is 46.3 Å². The van der Waals surface area contributed by atoms with Gasteiger partial charge >= 0.3 is 0 Å². The molecule has 2 rings (SSSR count). The van der Waals surface area contributed by atoms with Crippen LogP contribution >= 0.6 is 15.9 Å². The van der Waals surface area contributed by atoms with Gasteiger partial charge in [0.15, 0.2) is 0 Å². The summed E-state index contributed by atoms with van der Waals surface area (Å²) in [6.45, 7) is 2.85. The number of aryl methyl sites for hydroxylation is 1. The minimum absolute atomic E-state index is 0.582. The van der Waals surface area contributed by atoms with E-state index in [1.807, 2.05) is 56.4 Å². The number of aliphatic hydroxyl groups is 1. The Labute approximate surface area is 122 Å². The second kappa shape index (κ2) is 6.33. The summed E-state index contributed by atoms with van der Waals surface area (Å²) in [7, 11) is 1.92. The molecule has 1 unspecified atom stereocenters. The Morgan fingerprint density at radius 1 is 1.16 bits per heavy atom. The summed E-state index contributed by atoms with van der Waals surface area (Å²) in [4.78, 5) is 0. The van der Waals surface area contributed by atoms with Crippen molar-refractivity contribution in [2.75, 3.05) is 7.05 Å². The molecule has 2 nitrogen and oxygen atoms in total. The molecular formula is C16H18BrNO. The van der Waals surface area contributed by atoms with E-state index < -0.39 is 6.10 Å². The topological polar surface area (TPSA) is 32.3 Å². The van der Waals surface area contributed by atoms with Crippen molar-refractivity contribution in [2.45, 2.75) is 19.6 Å². The molecule has 0 aromatic heterocycles. The van der Waals surface area contributed by atoms with E-state index in [-0.39, 0.29) is 0 Å². The minimum Gasteiger partial charge on any atom is -0.384 e. The summed E-state index contributed by atoms with van der Waals surface area (Å²) >= 11 is 3.45. The first-order valence-electron chi connectivity index (χ1n) is 6.29.